The molecule has 9 nitrogen and oxygen atoms in total. The first-order valence-electron chi connectivity index (χ1n) is 7.71. The van der Waals surface area contributed by atoms with Gasteiger partial charge < -0.3 is 20.2 Å². The number of pyridine rings is 1. The van der Waals surface area contributed by atoms with Gasteiger partial charge in [0.05, 0.1) is 30.8 Å². The van der Waals surface area contributed by atoms with Crippen molar-refractivity contribution in [3.8, 4) is 22.8 Å². The van der Waals surface area contributed by atoms with Crippen LogP contribution < -0.4 is 15.8 Å². The summed E-state index contributed by atoms with van der Waals surface area (Å²) in [6.45, 7) is 0. The van der Waals surface area contributed by atoms with Crippen molar-refractivity contribution in [3.05, 3.63) is 55.3 Å². The highest BCUT2D eigenvalue weighted by Crippen LogP contribution is 2.33. The molecule has 1 aromatic carbocycles. The summed E-state index contributed by atoms with van der Waals surface area (Å²) in [6, 6.07) is 9.19. The first kappa shape index (κ1) is 15.6. The molecule has 0 unspecified atom stereocenters. The number of hydrogen-bond acceptors (Lipinski definition) is 8. The van der Waals surface area contributed by atoms with E-state index in [0.29, 0.717) is 17.5 Å². The Labute approximate surface area is 148 Å². The molecule has 0 spiro atoms. The van der Waals surface area contributed by atoms with E-state index in [0.717, 1.165) is 16.9 Å². The van der Waals surface area contributed by atoms with E-state index in [4.69, 9.17) is 14.9 Å². The summed E-state index contributed by atoms with van der Waals surface area (Å²) in [5.41, 5.74) is 8.21. The Morgan fingerprint density at radius 3 is 2.85 bits per heavy atom. The van der Waals surface area contributed by atoms with Gasteiger partial charge in [0.25, 0.3) is 0 Å². The molecule has 0 fully saturated rings. The number of hydrogen-bond donors (Lipinski definition) is 2. The quantitative estimate of drug-likeness (QED) is 0.565. The zero-order valence-electron chi connectivity index (χ0n) is 13.8. The highest BCUT2D eigenvalue weighted by atomic mass is 16.5. The van der Waals surface area contributed by atoms with Crippen LogP contribution in [0.15, 0.2) is 59.7 Å². The van der Waals surface area contributed by atoms with Gasteiger partial charge in [-0.05, 0) is 24.3 Å². The lowest BCUT2D eigenvalue weighted by Gasteiger charge is -2.09. The molecule has 9 heteroatoms. The van der Waals surface area contributed by atoms with Gasteiger partial charge in [0, 0.05) is 18.0 Å². The smallest absolute Gasteiger partial charge is 0.248 e. The summed E-state index contributed by atoms with van der Waals surface area (Å²) in [7, 11) is 1.59. The third-order valence-corrected chi connectivity index (χ3v) is 3.68. The Bertz CT molecular complexity index is 1010. The third kappa shape index (κ3) is 2.93. The summed E-state index contributed by atoms with van der Waals surface area (Å²) in [6.07, 6.45) is 6.34. The number of nitrogens with two attached hydrogens (primary N) is 1. The second-order valence-electron chi connectivity index (χ2n) is 5.32. The molecular formula is C17H15N7O2. The van der Waals surface area contributed by atoms with Gasteiger partial charge >= 0.3 is 0 Å². The Balaban J connectivity index is 1.62. The van der Waals surface area contributed by atoms with Crippen molar-refractivity contribution in [2.24, 2.45) is 0 Å². The number of anilines is 3. The lowest BCUT2D eigenvalue weighted by molar-refractivity contribution is 0.415. The minimum atomic E-state index is 0.255. The lowest BCUT2D eigenvalue weighted by atomic mass is 10.1. The lowest BCUT2D eigenvalue weighted by Crippen LogP contribution is -2.02. The molecule has 3 heterocycles. The van der Waals surface area contributed by atoms with Gasteiger partial charge in [-0.1, -0.05) is 0 Å². The number of rotatable bonds is 5. The highest BCUT2D eigenvalue weighted by Gasteiger charge is 2.12. The minimum absolute atomic E-state index is 0.255. The Morgan fingerprint density at radius 2 is 2.12 bits per heavy atom. The van der Waals surface area contributed by atoms with E-state index in [9.17, 15) is 0 Å². The van der Waals surface area contributed by atoms with Crippen molar-refractivity contribution in [3.63, 3.8) is 0 Å². The number of nitrogen functional groups attached to an aromatic ring is 1. The zero-order valence-corrected chi connectivity index (χ0v) is 13.8. The summed E-state index contributed by atoms with van der Waals surface area (Å²) in [5, 5.41) is 7.48. The van der Waals surface area contributed by atoms with Gasteiger partial charge in [0.15, 0.2) is 12.2 Å². The SMILES string of the molecule is COc1cc(Nc2nc(N)n(-c3cccnc3)n2)ccc1-c1cnco1. The van der Waals surface area contributed by atoms with Crippen molar-refractivity contribution in [2.45, 2.75) is 0 Å². The predicted molar refractivity (Wildman–Crippen MR) is 95.3 cm³/mol. The Morgan fingerprint density at radius 1 is 1.19 bits per heavy atom. The van der Waals surface area contributed by atoms with Crippen LogP contribution in [0.1, 0.15) is 0 Å². The van der Waals surface area contributed by atoms with Crippen LogP contribution in [0, 0.1) is 0 Å². The van der Waals surface area contributed by atoms with Crippen LogP contribution in [0.25, 0.3) is 17.0 Å². The van der Waals surface area contributed by atoms with Gasteiger partial charge in [-0.3, -0.25) is 4.98 Å². The number of nitrogens with zero attached hydrogens (tertiary/aromatic N) is 5. The predicted octanol–water partition coefficient (Wildman–Crippen LogP) is 2.65. The fourth-order valence-corrected chi connectivity index (χ4v) is 2.50. The summed E-state index contributed by atoms with van der Waals surface area (Å²) in [5.74, 6) is 1.87. The largest absolute Gasteiger partial charge is 0.496 e. The number of nitrogens with one attached hydrogen (secondary N) is 1. The summed E-state index contributed by atoms with van der Waals surface area (Å²) < 4.78 is 12.3. The van der Waals surface area contributed by atoms with Crippen LogP contribution in [0.2, 0.25) is 0 Å². The van der Waals surface area contributed by atoms with Crippen LogP contribution in [0.5, 0.6) is 5.75 Å². The van der Waals surface area contributed by atoms with Crippen molar-refractivity contribution >= 4 is 17.6 Å². The van der Waals surface area contributed by atoms with Crippen LogP contribution in [0.3, 0.4) is 0 Å². The Kier molecular flexibility index (Phi) is 3.94. The van der Waals surface area contributed by atoms with Crippen molar-refractivity contribution < 1.29 is 9.15 Å². The van der Waals surface area contributed by atoms with Crippen molar-refractivity contribution in [2.75, 3.05) is 18.2 Å². The normalized spacial score (nSPS) is 10.7. The molecule has 26 heavy (non-hydrogen) atoms. The average Bonchev–Trinajstić information content (AvgIpc) is 3.32. The summed E-state index contributed by atoms with van der Waals surface area (Å²) in [4.78, 5) is 12.2. The second-order valence-corrected chi connectivity index (χ2v) is 5.32. The molecule has 4 aromatic rings. The molecular weight excluding hydrogens is 334 g/mol. The van der Waals surface area contributed by atoms with Gasteiger partial charge in [0.1, 0.15) is 5.75 Å². The molecule has 4 rings (SSSR count). The van der Waals surface area contributed by atoms with Crippen LogP contribution in [0.4, 0.5) is 17.6 Å². The standard InChI is InChI=1S/C17H15N7O2/c1-25-14-7-11(4-5-13(14)15-9-20-10-26-15)21-17-22-16(18)24(23-17)12-3-2-6-19-8-12/h2-10H,1H3,(H3,18,21,22,23). The molecule has 0 saturated heterocycles. The van der Waals surface area contributed by atoms with Crippen LogP contribution in [-0.2, 0) is 0 Å². The third-order valence-electron chi connectivity index (χ3n) is 3.68. The fraction of sp³-hybridized carbons (Fsp3) is 0.0588. The van der Waals surface area contributed by atoms with E-state index in [1.165, 1.54) is 11.1 Å². The zero-order chi connectivity index (χ0) is 17.9. The van der Waals surface area contributed by atoms with Gasteiger partial charge in [-0.2, -0.15) is 9.67 Å². The topological polar surface area (TPSA) is 117 Å². The molecule has 130 valence electrons. The molecule has 0 bridgehead atoms. The monoisotopic (exact) mass is 349 g/mol. The second kappa shape index (κ2) is 6.55. The van der Waals surface area contributed by atoms with Gasteiger partial charge in [-0.25, -0.2) is 4.98 Å². The maximum atomic E-state index is 5.95. The first-order chi connectivity index (χ1) is 12.7. The number of ether oxygens (including phenoxy) is 1. The molecule has 0 aliphatic rings. The number of aromatic nitrogens is 5. The highest BCUT2D eigenvalue weighted by molar-refractivity contribution is 5.70. The van der Waals surface area contributed by atoms with E-state index < -0.39 is 0 Å². The molecule has 3 aromatic heterocycles. The average molecular weight is 349 g/mol. The molecule has 0 radical (unpaired) electrons. The van der Waals surface area contributed by atoms with Gasteiger partial charge in [-0.15, -0.1) is 5.10 Å². The number of methoxy groups -OCH3 is 1. The van der Waals surface area contributed by atoms with E-state index in [2.05, 4.69) is 25.4 Å². The molecule has 3 N–H and O–H groups in total. The van der Waals surface area contributed by atoms with Crippen LogP contribution >= 0.6 is 0 Å². The van der Waals surface area contributed by atoms with Crippen molar-refractivity contribution in [1.82, 2.24) is 24.7 Å². The molecule has 0 saturated carbocycles. The molecule has 0 aliphatic heterocycles. The maximum absolute atomic E-state index is 5.95. The fourth-order valence-electron chi connectivity index (χ4n) is 2.50. The Hall–Kier alpha value is -3.88. The first-order valence-corrected chi connectivity index (χ1v) is 7.71. The van der Waals surface area contributed by atoms with E-state index in [1.807, 2.05) is 24.3 Å². The minimum Gasteiger partial charge on any atom is -0.496 e. The van der Waals surface area contributed by atoms with Crippen molar-refractivity contribution in [1.29, 1.82) is 0 Å². The van der Waals surface area contributed by atoms with E-state index >= 15 is 0 Å². The van der Waals surface area contributed by atoms with Gasteiger partial charge in [0.2, 0.25) is 11.9 Å². The molecule has 0 atom stereocenters. The number of oxazole rings is 1. The summed E-state index contributed by atoms with van der Waals surface area (Å²) >= 11 is 0. The van der Waals surface area contributed by atoms with E-state index in [-0.39, 0.29) is 5.95 Å². The maximum Gasteiger partial charge on any atom is 0.248 e. The number of benzene rings is 1. The van der Waals surface area contributed by atoms with E-state index in [1.54, 1.807) is 31.8 Å². The van der Waals surface area contributed by atoms with Crippen LogP contribution in [-0.4, -0.2) is 31.8 Å². The molecule has 0 aliphatic carbocycles. The molecule has 0 amide bonds.